The predicted octanol–water partition coefficient (Wildman–Crippen LogP) is 3.66. The average Bonchev–Trinajstić information content (AvgIpc) is 2.79. The third-order valence-corrected chi connectivity index (χ3v) is 5.80. The van der Waals surface area contributed by atoms with Gasteiger partial charge in [-0.2, -0.15) is 0 Å². The lowest BCUT2D eigenvalue weighted by Crippen LogP contribution is -2.54. The van der Waals surface area contributed by atoms with Crippen LogP contribution in [0.15, 0.2) is 83.8 Å². The lowest BCUT2D eigenvalue weighted by molar-refractivity contribution is -0.125. The van der Waals surface area contributed by atoms with Gasteiger partial charge < -0.3 is 15.4 Å². The standard InChI is InChI=1S/C23H20FN3O4S/c24-15-16-8-10-19(11-9-16)31-23(13-12-17-4-1-2-7-21(17)27-23)22(28)26-18-5-3-6-20(14-18)32(25,29)30/h1-14,27H,15H2,(H,26,28)(H2,25,29,30). The maximum atomic E-state index is 13.4. The number of benzene rings is 3. The van der Waals surface area contributed by atoms with E-state index < -0.39 is 28.3 Å². The van der Waals surface area contributed by atoms with Crippen molar-refractivity contribution in [2.75, 3.05) is 10.6 Å². The molecule has 3 aromatic carbocycles. The predicted molar refractivity (Wildman–Crippen MR) is 120 cm³/mol. The third kappa shape index (κ3) is 4.48. The van der Waals surface area contributed by atoms with Crippen LogP contribution in [0.3, 0.4) is 0 Å². The van der Waals surface area contributed by atoms with Crippen LogP contribution < -0.4 is 20.5 Å². The van der Waals surface area contributed by atoms with Crippen LogP contribution in [0.1, 0.15) is 11.1 Å². The van der Waals surface area contributed by atoms with Crippen LogP contribution >= 0.6 is 0 Å². The second kappa shape index (κ2) is 8.45. The van der Waals surface area contributed by atoms with Crippen molar-refractivity contribution in [1.82, 2.24) is 0 Å². The molecule has 9 heteroatoms. The SMILES string of the molecule is NS(=O)(=O)c1cccc(NC(=O)C2(Oc3ccc(CF)cc3)C=Cc3ccccc3N2)c1. The summed E-state index contributed by atoms with van der Waals surface area (Å²) in [6.07, 6.45) is 3.32. The number of rotatable bonds is 6. The van der Waals surface area contributed by atoms with E-state index in [-0.39, 0.29) is 10.6 Å². The highest BCUT2D eigenvalue weighted by atomic mass is 32.2. The average molecular weight is 453 g/mol. The number of hydrogen-bond donors (Lipinski definition) is 3. The molecule has 0 saturated heterocycles. The van der Waals surface area contributed by atoms with Gasteiger partial charge in [0.1, 0.15) is 12.4 Å². The minimum absolute atomic E-state index is 0.135. The fourth-order valence-corrected chi connectivity index (χ4v) is 3.81. The largest absolute Gasteiger partial charge is 0.455 e. The lowest BCUT2D eigenvalue weighted by Gasteiger charge is -2.35. The summed E-state index contributed by atoms with van der Waals surface area (Å²) in [6, 6.07) is 19.2. The first kappa shape index (κ1) is 21.5. The maximum Gasteiger partial charge on any atom is 0.294 e. The van der Waals surface area contributed by atoms with Crippen LogP contribution in [0.5, 0.6) is 5.75 Å². The number of carbonyl (C=O) groups is 1. The number of alkyl halides is 1. The second-order valence-corrected chi connectivity index (χ2v) is 8.75. The van der Waals surface area contributed by atoms with Crippen LogP contribution in [-0.4, -0.2) is 20.0 Å². The first-order valence-electron chi connectivity index (χ1n) is 9.64. The second-order valence-electron chi connectivity index (χ2n) is 7.19. The van der Waals surface area contributed by atoms with Crippen molar-refractivity contribution in [3.8, 4) is 5.75 Å². The Hall–Kier alpha value is -3.69. The monoisotopic (exact) mass is 453 g/mol. The smallest absolute Gasteiger partial charge is 0.294 e. The summed E-state index contributed by atoms with van der Waals surface area (Å²) in [5.74, 6) is -0.253. The summed E-state index contributed by atoms with van der Waals surface area (Å²) < 4.78 is 42.2. The molecule has 1 heterocycles. The molecule has 0 aliphatic carbocycles. The quantitative estimate of drug-likeness (QED) is 0.528. The first-order chi connectivity index (χ1) is 15.3. The third-order valence-electron chi connectivity index (χ3n) is 4.89. The molecule has 164 valence electrons. The van der Waals surface area contributed by atoms with Gasteiger partial charge in [0.05, 0.1) is 4.90 Å². The van der Waals surface area contributed by atoms with Gasteiger partial charge in [-0.25, -0.2) is 17.9 Å². The molecule has 4 N–H and O–H groups in total. The highest BCUT2D eigenvalue weighted by Crippen LogP contribution is 2.32. The van der Waals surface area contributed by atoms with E-state index >= 15 is 0 Å². The zero-order chi connectivity index (χ0) is 22.8. The lowest BCUT2D eigenvalue weighted by atomic mass is 10.0. The Labute approximate surface area is 184 Å². The number of nitrogens with one attached hydrogen (secondary N) is 2. The highest BCUT2D eigenvalue weighted by molar-refractivity contribution is 7.89. The van der Waals surface area contributed by atoms with Gasteiger partial charge in [0.15, 0.2) is 0 Å². The Morgan fingerprint density at radius 2 is 1.81 bits per heavy atom. The van der Waals surface area contributed by atoms with Gasteiger partial charge in [0, 0.05) is 11.4 Å². The van der Waals surface area contributed by atoms with E-state index in [1.165, 1.54) is 24.3 Å². The van der Waals surface area contributed by atoms with E-state index in [9.17, 15) is 17.6 Å². The van der Waals surface area contributed by atoms with E-state index in [2.05, 4.69) is 10.6 Å². The molecule has 1 aliphatic rings. The van der Waals surface area contributed by atoms with Crippen molar-refractivity contribution in [3.05, 3.63) is 90.0 Å². The molecule has 7 nitrogen and oxygen atoms in total. The van der Waals surface area contributed by atoms with Crippen molar-refractivity contribution in [3.63, 3.8) is 0 Å². The van der Waals surface area contributed by atoms with Gasteiger partial charge in [-0.3, -0.25) is 4.79 Å². The Balaban J connectivity index is 1.69. The molecule has 0 fully saturated rings. The van der Waals surface area contributed by atoms with E-state index in [4.69, 9.17) is 9.88 Å². The van der Waals surface area contributed by atoms with Crippen LogP contribution in [0, 0.1) is 0 Å². The number of primary sulfonamides is 1. The summed E-state index contributed by atoms with van der Waals surface area (Å²) in [7, 11) is -3.94. The zero-order valence-corrected chi connectivity index (χ0v) is 17.6. The van der Waals surface area contributed by atoms with Gasteiger partial charge in [-0.05, 0) is 53.6 Å². The summed E-state index contributed by atoms with van der Waals surface area (Å²) in [6.45, 7) is -0.613. The van der Waals surface area contributed by atoms with Gasteiger partial charge in [0.2, 0.25) is 10.0 Å². The number of carbonyl (C=O) groups excluding carboxylic acids is 1. The van der Waals surface area contributed by atoms with Crippen molar-refractivity contribution >= 4 is 33.4 Å². The topological polar surface area (TPSA) is 111 Å². The van der Waals surface area contributed by atoms with Gasteiger partial charge in [-0.15, -0.1) is 0 Å². The van der Waals surface area contributed by atoms with Crippen LogP contribution in [0.25, 0.3) is 6.08 Å². The molecule has 0 radical (unpaired) electrons. The molecule has 1 unspecified atom stereocenters. The highest BCUT2D eigenvalue weighted by Gasteiger charge is 2.41. The summed E-state index contributed by atoms with van der Waals surface area (Å²) in [5.41, 5.74) is 0.593. The molecule has 4 rings (SSSR count). The molecule has 3 aromatic rings. The Bertz CT molecular complexity index is 1290. The number of ether oxygens (including phenoxy) is 1. The summed E-state index contributed by atoms with van der Waals surface area (Å²) in [4.78, 5) is 13.3. The fraction of sp³-hybridized carbons (Fsp3) is 0.0870. The number of anilines is 2. The molecular weight excluding hydrogens is 433 g/mol. The van der Waals surface area contributed by atoms with Crippen molar-refractivity contribution < 1.29 is 22.3 Å². The Morgan fingerprint density at radius 1 is 1.06 bits per heavy atom. The van der Waals surface area contributed by atoms with E-state index in [1.54, 1.807) is 42.5 Å². The number of amides is 1. The van der Waals surface area contributed by atoms with Gasteiger partial charge in [0.25, 0.3) is 11.6 Å². The Kier molecular flexibility index (Phi) is 5.68. The molecule has 0 bridgehead atoms. The number of para-hydroxylation sites is 1. The van der Waals surface area contributed by atoms with Crippen LogP contribution in [0.4, 0.5) is 15.8 Å². The summed E-state index contributed by atoms with van der Waals surface area (Å²) in [5, 5.41) is 11.0. The van der Waals surface area contributed by atoms with Crippen molar-refractivity contribution in [2.24, 2.45) is 5.14 Å². The molecule has 0 spiro atoms. The van der Waals surface area contributed by atoms with Crippen molar-refractivity contribution in [1.29, 1.82) is 0 Å². The molecule has 1 amide bonds. The van der Waals surface area contributed by atoms with E-state index in [0.717, 1.165) is 5.56 Å². The van der Waals surface area contributed by atoms with E-state index in [0.29, 0.717) is 17.0 Å². The van der Waals surface area contributed by atoms with Crippen molar-refractivity contribution in [2.45, 2.75) is 17.3 Å². The number of nitrogens with two attached hydrogens (primary N) is 1. The minimum Gasteiger partial charge on any atom is -0.455 e. The molecule has 32 heavy (non-hydrogen) atoms. The first-order valence-corrected chi connectivity index (χ1v) is 11.2. The number of fused-ring (bicyclic) bond motifs is 1. The van der Waals surface area contributed by atoms with Gasteiger partial charge >= 0.3 is 0 Å². The van der Waals surface area contributed by atoms with Gasteiger partial charge in [-0.1, -0.05) is 42.5 Å². The van der Waals surface area contributed by atoms with Crippen LogP contribution in [-0.2, 0) is 21.5 Å². The zero-order valence-electron chi connectivity index (χ0n) is 16.8. The molecular formula is C23H20FN3O4S. The molecule has 0 aromatic heterocycles. The fourth-order valence-electron chi connectivity index (χ4n) is 3.25. The number of sulfonamides is 1. The molecule has 1 atom stereocenters. The van der Waals surface area contributed by atoms with Crippen LogP contribution in [0.2, 0.25) is 0 Å². The minimum atomic E-state index is -3.94. The Morgan fingerprint density at radius 3 is 2.53 bits per heavy atom. The normalized spacial score (nSPS) is 17.2. The number of hydrogen-bond acceptors (Lipinski definition) is 5. The molecule has 0 saturated carbocycles. The number of halogens is 1. The maximum absolute atomic E-state index is 13.4. The summed E-state index contributed by atoms with van der Waals surface area (Å²) >= 11 is 0. The van der Waals surface area contributed by atoms with E-state index in [1.807, 2.05) is 18.2 Å². The molecule has 1 aliphatic heterocycles.